The van der Waals surface area contributed by atoms with Gasteiger partial charge in [-0.05, 0) is 38.3 Å². The van der Waals surface area contributed by atoms with E-state index < -0.39 is 0 Å². The van der Waals surface area contributed by atoms with Gasteiger partial charge in [-0.2, -0.15) is 0 Å². The summed E-state index contributed by atoms with van der Waals surface area (Å²) in [5.74, 6) is 1.70. The Hall–Kier alpha value is -1.36. The Kier molecular flexibility index (Phi) is 6.17. The van der Waals surface area contributed by atoms with Crippen molar-refractivity contribution >= 4 is 30.6 Å². The Bertz CT molecular complexity index is 661. The van der Waals surface area contributed by atoms with Crippen LogP contribution < -0.4 is 11.1 Å². The Balaban J connectivity index is 0.00000121. The summed E-state index contributed by atoms with van der Waals surface area (Å²) in [5.41, 5.74) is 11.0. The first kappa shape index (κ1) is 18.7. The van der Waals surface area contributed by atoms with E-state index in [1.807, 2.05) is 26.8 Å². The van der Waals surface area contributed by atoms with Crippen LogP contribution in [0.2, 0.25) is 0 Å². The molecule has 2 aromatic rings. The van der Waals surface area contributed by atoms with Gasteiger partial charge in [-0.15, -0.1) is 24.8 Å². The lowest BCUT2D eigenvalue weighted by Crippen LogP contribution is -2.30. The van der Waals surface area contributed by atoms with E-state index in [0.29, 0.717) is 0 Å². The van der Waals surface area contributed by atoms with Crippen LogP contribution in [0.3, 0.4) is 0 Å². The molecule has 0 fully saturated rings. The molecule has 120 valence electrons. The largest absolute Gasteiger partial charge is 0.365 e. The van der Waals surface area contributed by atoms with Crippen molar-refractivity contribution in [2.45, 2.75) is 39.3 Å². The lowest BCUT2D eigenvalue weighted by molar-refractivity contribution is 0.626. The highest BCUT2D eigenvalue weighted by Gasteiger charge is 2.29. The molecule has 0 saturated heterocycles. The summed E-state index contributed by atoms with van der Waals surface area (Å²) in [5, 5.41) is 3.51. The van der Waals surface area contributed by atoms with Gasteiger partial charge in [0.2, 0.25) is 0 Å². The molecule has 3 rings (SSSR count). The molecule has 0 unspecified atom stereocenters. The Morgan fingerprint density at radius 3 is 2.45 bits per heavy atom. The number of hydrogen-bond acceptors (Lipinski definition) is 4. The van der Waals surface area contributed by atoms with Gasteiger partial charge in [-0.3, -0.25) is 0 Å². The average molecular weight is 341 g/mol. The van der Waals surface area contributed by atoms with E-state index in [-0.39, 0.29) is 36.9 Å². The van der Waals surface area contributed by atoms with Crippen molar-refractivity contribution in [1.82, 2.24) is 9.97 Å². The van der Waals surface area contributed by atoms with Gasteiger partial charge >= 0.3 is 0 Å². The third kappa shape index (κ3) is 3.35. The predicted octanol–water partition coefficient (Wildman–Crippen LogP) is 3.28. The van der Waals surface area contributed by atoms with Crippen LogP contribution in [0.15, 0.2) is 24.3 Å². The molecule has 0 amide bonds. The molecule has 0 saturated carbocycles. The fourth-order valence-electron chi connectivity index (χ4n) is 2.85. The van der Waals surface area contributed by atoms with Crippen LogP contribution in [0.1, 0.15) is 34.3 Å². The van der Waals surface area contributed by atoms with E-state index in [0.717, 1.165) is 29.3 Å². The molecule has 0 aliphatic heterocycles. The van der Waals surface area contributed by atoms with Gasteiger partial charge in [0.25, 0.3) is 0 Å². The number of benzene rings is 1. The summed E-state index contributed by atoms with van der Waals surface area (Å²) in [6.07, 6.45) is 0.943. The molecule has 1 aromatic carbocycles. The lowest BCUT2D eigenvalue weighted by atomic mass is 10.1. The fraction of sp³-hybridized carbons (Fsp3) is 0.375. The molecule has 0 spiro atoms. The zero-order chi connectivity index (χ0) is 14.3. The van der Waals surface area contributed by atoms with E-state index in [9.17, 15) is 0 Å². The number of aromatic nitrogens is 2. The SMILES string of the molecule is Cc1nc(C)c(C)c(N[C@H]2Cc3ccccc3[C@@H]2N)n1.Cl.Cl. The molecule has 1 aliphatic rings. The van der Waals surface area contributed by atoms with Crippen LogP contribution in [-0.4, -0.2) is 16.0 Å². The van der Waals surface area contributed by atoms with Crippen molar-refractivity contribution in [1.29, 1.82) is 0 Å². The average Bonchev–Trinajstić information content (AvgIpc) is 2.73. The molecular weight excluding hydrogens is 319 g/mol. The molecule has 0 bridgehead atoms. The maximum absolute atomic E-state index is 6.36. The molecule has 6 heteroatoms. The summed E-state index contributed by atoms with van der Waals surface area (Å²) in [4.78, 5) is 8.90. The number of aryl methyl sites for hydroxylation is 2. The maximum Gasteiger partial charge on any atom is 0.133 e. The summed E-state index contributed by atoms with van der Waals surface area (Å²) >= 11 is 0. The number of hydrogen-bond donors (Lipinski definition) is 2. The summed E-state index contributed by atoms with van der Waals surface area (Å²) < 4.78 is 0. The molecule has 1 aliphatic carbocycles. The van der Waals surface area contributed by atoms with Gasteiger partial charge in [-0.1, -0.05) is 24.3 Å². The second kappa shape index (κ2) is 7.27. The van der Waals surface area contributed by atoms with Crippen LogP contribution >= 0.6 is 24.8 Å². The van der Waals surface area contributed by atoms with Crippen molar-refractivity contribution in [3.63, 3.8) is 0 Å². The minimum absolute atomic E-state index is 0. The van der Waals surface area contributed by atoms with Crippen LogP contribution in [0, 0.1) is 20.8 Å². The highest BCUT2D eigenvalue weighted by molar-refractivity contribution is 5.85. The van der Waals surface area contributed by atoms with Gasteiger partial charge in [0.1, 0.15) is 11.6 Å². The first-order valence-electron chi connectivity index (χ1n) is 6.98. The second-order valence-electron chi connectivity index (χ2n) is 5.51. The van der Waals surface area contributed by atoms with Gasteiger partial charge in [-0.25, -0.2) is 9.97 Å². The zero-order valence-electron chi connectivity index (χ0n) is 13.0. The van der Waals surface area contributed by atoms with E-state index >= 15 is 0 Å². The topological polar surface area (TPSA) is 63.8 Å². The number of fused-ring (bicyclic) bond motifs is 1. The monoisotopic (exact) mass is 340 g/mol. The number of halogens is 2. The van der Waals surface area contributed by atoms with E-state index in [4.69, 9.17) is 5.73 Å². The molecular formula is C16H22Cl2N4. The normalized spacial score (nSPS) is 18.9. The third-order valence-corrected chi connectivity index (χ3v) is 4.11. The number of nitrogens with one attached hydrogen (secondary N) is 1. The number of anilines is 1. The van der Waals surface area contributed by atoms with Crippen molar-refractivity contribution in [2.24, 2.45) is 5.73 Å². The number of nitrogens with two attached hydrogens (primary N) is 1. The first-order chi connectivity index (χ1) is 9.56. The molecule has 0 radical (unpaired) electrons. The molecule has 1 aromatic heterocycles. The Morgan fingerprint density at radius 2 is 1.77 bits per heavy atom. The number of nitrogens with zero attached hydrogens (tertiary/aromatic N) is 2. The van der Waals surface area contributed by atoms with E-state index in [1.165, 1.54) is 11.1 Å². The molecule has 2 atom stereocenters. The van der Waals surface area contributed by atoms with Gasteiger partial charge in [0.05, 0.1) is 12.1 Å². The lowest BCUT2D eigenvalue weighted by Gasteiger charge is -2.20. The maximum atomic E-state index is 6.36. The predicted molar refractivity (Wildman–Crippen MR) is 95.2 cm³/mol. The minimum atomic E-state index is 0. The highest BCUT2D eigenvalue weighted by atomic mass is 35.5. The zero-order valence-corrected chi connectivity index (χ0v) is 14.6. The number of rotatable bonds is 2. The Morgan fingerprint density at radius 1 is 1.09 bits per heavy atom. The fourth-order valence-corrected chi connectivity index (χ4v) is 2.85. The van der Waals surface area contributed by atoms with E-state index in [2.05, 4.69) is 33.5 Å². The minimum Gasteiger partial charge on any atom is -0.365 e. The quantitative estimate of drug-likeness (QED) is 0.880. The smallest absolute Gasteiger partial charge is 0.133 e. The van der Waals surface area contributed by atoms with E-state index in [1.54, 1.807) is 0 Å². The molecule has 3 N–H and O–H groups in total. The second-order valence-corrected chi connectivity index (χ2v) is 5.51. The molecule has 4 nitrogen and oxygen atoms in total. The first-order valence-corrected chi connectivity index (χ1v) is 6.98. The van der Waals surface area contributed by atoms with Crippen LogP contribution in [0.5, 0.6) is 0 Å². The highest BCUT2D eigenvalue weighted by Crippen LogP contribution is 2.31. The van der Waals surface area contributed by atoms with Crippen LogP contribution in [-0.2, 0) is 6.42 Å². The summed E-state index contributed by atoms with van der Waals surface area (Å²) in [7, 11) is 0. The van der Waals surface area contributed by atoms with Gasteiger partial charge < -0.3 is 11.1 Å². The third-order valence-electron chi connectivity index (χ3n) is 4.11. The van der Waals surface area contributed by atoms with Gasteiger partial charge in [0, 0.05) is 11.3 Å². The molecule has 1 heterocycles. The van der Waals surface area contributed by atoms with Crippen LogP contribution in [0.4, 0.5) is 5.82 Å². The standard InChI is InChI=1S/C16H20N4.2ClH/c1-9-10(2)18-11(3)19-16(9)20-14-8-12-6-4-5-7-13(12)15(14)17;;/h4-7,14-15H,8,17H2,1-3H3,(H,18,19,20);2*1H/t14-,15-;;/m0../s1. The van der Waals surface area contributed by atoms with Crippen molar-refractivity contribution in [3.05, 3.63) is 52.5 Å². The summed E-state index contributed by atoms with van der Waals surface area (Å²) in [6, 6.07) is 8.59. The Labute approximate surface area is 143 Å². The van der Waals surface area contributed by atoms with Gasteiger partial charge in [0.15, 0.2) is 0 Å². The molecule has 22 heavy (non-hydrogen) atoms. The van der Waals surface area contributed by atoms with Crippen molar-refractivity contribution < 1.29 is 0 Å². The van der Waals surface area contributed by atoms with Crippen molar-refractivity contribution in [2.75, 3.05) is 5.32 Å². The van der Waals surface area contributed by atoms with Crippen molar-refractivity contribution in [3.8, 4) is 0 Å². The van der Waals surface area contributed by atoms with Crippen LogP contribution in [0.25, 0.3) is 0 Å². The summed E-state index contributed by atoms with van der Waals surface area (Å²) in [6.45, 7) is 5.98.